The maximum atomic E-state index is 12.9. The first-order chi connectivity index (χ1) is 16.9. The highest BCUT2D eigenvalue weighted by Gasteiger charge is 2.27. The van der Waals surface area contributed by atoms with Crippen molar-refractivity contribution < 1.29 is 18.8 Å². The Labute approximate surface area is 206 Å². The summed E-state index contributed by atoms with van der Waals surface area (Å²) in [7, 11) is 1.62. The molecule has 1 N–H and O–H groups in total. The molecule has 3 aromatic rings. The molecule has 0 bridgehead atoms. The number of piperidine rings is 1. The first-order valence-corrected chi connectivity index (χ1v) is 12.1. The molecular formula is C27H34N4O4. The van der Waals surface area contributed by atoms with E-state index in [0.717, 1.165) is 36.1 Å². The lowest BCUT2D eigenvalue weighted by Gasteiger charge is -2.30. The number of likely N-dealkylation sites (tertiary alicyclic amines) is 1. The monoisotopic (exact) mass is 478 g/mol. The van der Waals surface area contributed by atoms with Crippen molar-refractivity contribution in [1.29, 1.82) is 0 Å². The summed E-state index contributed by atoms with van der Waals surface area (Å²) in [6.07, 6.45) is 1.88. The number of amides is 1. The zero-order chi connectivity index (χ0) is 24.8. The number of carbonyl (C=O) groups is 1. The molecule has 1 aliphatic rings. The summed E-state index contributed by atoms with van der Waals surface area (Å²) in [6.45, 7) is 8.53. The van der Waals surface area contributed by atoms with Gasteiger partial charge in [-0.2, -0.15) is 4.98 Å². The minimum atomic E-state index is -0.0760. The van der Waals surface area contributed by atoms with Gasteiger partial charge in [-0.25, -0.2) is 0 Å². The van der Waals surface area contributed by atoms with Crippen LogP contribution in [0.5, 0.6) is 11.5 Å². The molecule has 2 heterocycles. The third-order valence-corrected chi connectivity index (χ3v) is 6.15. The van der Waals surface area contributed by atoms with Crippen LogP contribution < -0.4 is 14.8 Å². The summed E-state index contributed by atoms with van der Waals surface area (Å²) in [5, 5.41) is 7.24. The van der Waals surface area contributed by atoms with E-state index in [2.05, 4.69) is 20.4 Å². The fraction of sp³-hybridized carbons (Fsp3) is 0.444. The van der Waals surface area contributed by atoms with Crippen LogP contribution in [0.15, 0.2) is 47.0 Å². The largest absolute Gasteiger partial charge is 0.493 e. The topological polar surface area (TPSA) is 89.7 Å². The predicted molar refractivity (Wildman–Crippen MR) is 133 cm³/mol. The average molecular weight is 479 g/mol. The maximum Gasteiger partial charge on any atom is 0.241 e. The minimum Gasteiger partial charge on any atom is -0.493 e. The van der Waals surface area contributed by atoms with Gasteiger partial charge in [0.15, 0.2) is 11.5 Å². The summed E-state index contributed by atoms with van der Waals surface area (Å²) in [4.78, 5) is 19.7. The molecule has 1 fully saturated rings. The molecule has 8 nitrogen and oxygen atoms in total. The van der Waals surface area contributed by atoms with E-state index >= 15 is 0 Å². The standard InChI is InChI=1S/C27H34N4O4/c1-18(2)34-23-12-11-20(14-24(23)33-4)15-28-27(32)21-9-7-13-31(16-21)17-25-29-26(30-35-25)22-10-6-5-8-19(22)3/h5-6,8,10-12,14,18,21H,7,9,13,15-17H2,1-4H3,(H,28,32). The van der Waals surface area contributed by atoms with Gasteiger partial charge in [-0.3, -0.25) is 9.69 Å². The molecule has 8 heteroatoms. The fourth-order valence-electron chi connectivity index (χ4n) is 4.36. The highest BCUT2D eigenvalue weighted by atomic mass is 16.5. The molecule has 186 valence electrons. The van der Waals surface area contributed by atoms with E-state index in [9.17, 15) is 4.79 Å². The SMILES string of the molecule is COc1cc(CNC(=O)C2CCCN(Cc3nc(-c4ccccc4C)no3)C2)ccc1OC(C)C. The Morgan fingerprint density at radius 2 is 2.06 bits per heavy atom. The third-order valence-electron chi connectivity index (χ3n) is 6.15. The second kappa shape index (κ2) is 11.4. The van der Waals surface area contributed by atoms with Crippen molar-refractivity contribution in [1.82, 2.24) is 20.4 Å². The van der Waals surface area contributed by atoms with Gasteiger partial charge < -0.3 is 19.3 Å². The first-order valence-electron chi connectivity index (χ1n) is 12.1. The van der Waals surface area contributed by atoms with E-state index in [1.807, 2.05) is 63.2 Å². The Balaban J connectivity index is 1.31. The zero-order valence-electron chi connectivity index (χ0n) is 20.9. The van der Waals surface area contributed by atoms with Crippen LogP contribution in [0.1, 0.15) is 43.7 Å². The number of ether oxygens (including phenoxy) is 2. The average Bonchev–Trinajstić information content (AvgIpc) is 3.31. The van der Waals surface area contributed by atoms with Crippen molar-refractivity contribution in [3.63, 3.8) is 0 Å². The second-order valence-corrected chi connectivity index (χ2v) is 9.27. The van der Waals surface area contributed by atoms with Gasteiger partial charge in [0.2, 0.25) is 17.6 Å². The summed E-state index contributed by atoms with van der Waals surface area (Å²) >= 11 is 0. The molecule has 2 aromatic carbocycles. The summed E-state index contributed by atoms with van der Waals surface area (Å²) in [5.41, 5.74) is 3.04. The number of aryl methyl sites for hydroxylation is 1. The van der Waals surface area contributed by atoms with Crippen LogP contribution in [0, 0.1) is 12.8 Å². The van der Waals surface area contributed by atoms with Gasteiger partial charge in [-0.05, 0) is 63.4 Å². The van der Waals surface area contributed by atoms with Crippen LogP contribution in [0.4, 0.5) is 0 Å². The number of aromatic nitrogens is 2. The highest BCUT2D eigenvalue weighted by molar-refractivity contribution is 5.79. The summed E-state index contributed by atoms with van der Waals surface area (Å²) in [5.74, 6) is 2.52. The Morgan fingerprint density at radius 1 is 1.23 bits per heavy atom. The van der Waals surface area contributed by atoms with Crippen LogP contribution in [0.25, 0.3) is 11.4 Å². The van der Waals surface area contributed by atoms with Gasteiger partial charge >= 0.3 is 0 Å². The number of carbonyl (C=O) groups excluding carboxylic acids is 1. The first kappa shape index (κ1) is 24.7. The van der Waals surface area contributed by atoms with Crippen molar-refractivity contribution in [3.8, 4) is 22.9 Å². The lowest BCUT2D eigenvalue weighted by atomic mass is 9.97. The Bertz CT molecular complexity index is 1140. The van der Waals surface area contributed by atoms with Crippen molar-refractivity contribution in [2.75, 3.05) is 20.2 Å². The Hall–Kier alpha value is -3.39. The van der Waals surface area contributed by atoms with E-state index in [1.165, 1.54) is 0 Å². The van der Waals surface area contributed by atoms with E-state index in [-0.39, 0.29) is 17.9 Å². The summed E-state index contributed by atoms with van der Waals surface area (Å²) in [6, 6.07) is 13.7. The van der Waals surface area contributed by atoms with Crippen LogP contribution in [-0.2, 0) is 17.9 Å². The molecule has 0 radical (unpaired) electrons. The van der Waals surface area contributed by atoms with Gasteiger partial charge in [0.25, 0.3) is 0 Å². The number of benzene rings is 2. The minimum absolute atomic E-state index is 0.0577. The molecule has 1 saturated heterocycles. The molecule has 1 unspecified atom stereocenters. The van der Waals surface area contributed by atoms with E-state index in [0.29, 0.717) is 42.8 Å². The van der Waals surface area contributed by atoms with Gasteiger partial charge in [-0.15, -0.1) is 0 Å². The maximum absolute atomic E-state index is 12.9. The molecular weight excluding hydrogens is 444 g/mol. The van der Waals surface area contributed by atoms with Gasteiger partial charge in [0, 0.05) is 18.7 Å². The predicted octanol–water partition coefficient (Wildman–Crippen LogP) is 4.37. The number of hydrogen-bond acceptors (Lipinski definition) is 7. The van der Waals surface area contributed by atoms with Crippen molar-refractivity contribution >= 4 is 5.91 Å². The molecule has 1 amide bonds. The molecule has 1 aromatic heterocycles. The summed E-state index contributed by atoms with van der Waals surface area (Å²) < 4.78 is 16.7. The molecule has 0 saturated carbocycles. The smallest absolute Gasteiger partial charge is 0.241 e. The van der Waals surface area contributed by atoms with Gasteiger partial charge in [0.05, 0.1) is 25.7 Å². The lowest BCUT2D eigenvalue weighted by Crippen LogP contribution is -2.42. The molecule has 1 aliphatic heterocycles. The number of nitrogens with one attached hydrogen (secondary N) is 1. The third kappa shape index (κ3) is 6.39. The second-order valence-electron chi connectivity index (χ2n) is 9.27. The quantitative estimate of drug-likeness (QED) is 0.488. The molecule has 4 rings (SSSR count). The lowest BCUT2D eigenvalue weighted by molar-refractivity contribution is -0.127. The van der Waals surface area contributed by atoms with Crippen LogP contribution in [0.2, 0.25) is 0 Å². The van der Waals surface area contributed by atoms with E-state index in [4.69, 9.17) is 14.0 Å². The van der Waals surface area contributed by atoms with Crippen LogP contribution in [-0.4, -0.2) is 47.3 Å². The number of methoxy groups -OCH3 is 1. The molecule has 35 heavy (non-hydrogen) atoms. The Kier molecular flexibility index (Phi) is 8.02. The van der Waals surface area contributed by atoms with Crippen LogP contribution in [0.3, 0.4) is 0 Å². The van der Waals surface area contributed by atoms with Crippen LogP contribution >= 0.6 is 0 Å². The molecule has 0 spiro atoms. The van der Waals surface area contributed by atoms with E-state index < -0.39 is 0 Å². The fourth-order valence-corrected chi connectivity index (χ4v) is 4.36. The number of nitrogens with zero attached hydrogens (tertiary/aromatic N) is 3. The van der Waals surface area contributed by atoms with Gasteiger partial charge in [-0.1, -0.05) is 35.5 Å². The highest BCUT2D eigenvalue weighted by Crippen LogP contribution is 2.29. The number of rotatable bonds is 9. The molecule has 0 aliphatic carbocycles. The van der Waals surface area contributed by atoms with Crippen molar-refractivity contribution in [2.45, 2.75) is 52.8 Å². The zero-order valence-corrected chi connectivity index (χ0v) is 20.9. The van der Waals surface area contributed by atoms with Crippen molar-refractivity contribution in [2.24, 2.45) is 5.92 Å². The molecule has 1 atom stereocenters. The Morgan fingerprint density at radius 3 is 2.83 bits per heavy atom. The van der Waals surface area contributed by atoms with Gasteiger partial charge in [0.1, 0.15) is 0 Å². The van der Waals surface area contributed by atoms with E-state index in [1.54, 1.807) is 7.11 Å². The number of hydrogen-bond donors (Lipinski definition) is 1. The normalized spacial score (nSPS) is 16.3. The van der Waals surface area contributed by atoms with Crippen molar-refractivity contribution in [3.05, 3.63) is 59.5 Å².